The lowest BCUT2D eigenvalue weighted by Gasteiger charge is -2.49. The minimum Gasteiger partial charge on any atom is -0.351 e. The molecule has 3 heterocycles. The Bertz CT molecular complexity index is 934. The van der Waals surface area contributed by atoms with Gasteiger partial charge >= 0.3 is 0 Å². The number of fused-ring (bicyclic) bond motifs is 3. The van der Waals surface area contributed by atoms with Crippen LogP contribution in [0.4, 0.5) is 0 Å². The topological polar surface area (TPSA) is 54.3 Å². The van der Waals surface area contributed by atoms with Gasteiger partial charge in [-0.15, -0.1) is 11.3 Å². The number of rotatable bonds is 9. The lowest BCUT2D eigenvalue weighted by Crippen LogP contribution is -2.67. The molecule has 1 atom stereocenters. The highest BCUT2D eigenvalue weighted by Gasteiger charge is 2.50. The van der Waals surface area contributed by atoms with Crippen molar-refractivity contribution in [3.63, 3.8) is 0 Å². The summed E-state index contributed by atoms with van der Waals surface area (Å²) >= 11 is 1.66. The molecule has 0 aromatic carbocycles. The van der Waals surface area contributed by atoms with Crippen molar-refractivity contribution in [3.8, 4) is 0 Å². The second-order valence-corrected chi connectivity index (χ2v) is 10.9. The van der Waals surface area contributed by atoms with Gasteiger partial charge in [0.1, 0.15) is 11.2 Å². The van der Waals surface area contributed by atoms with Crippen LogP contribution >= 0.6 is 11.3 Å². The van der Waals surface area contributed by atoms with E-state index in [1.165, 1.54) is 6.42 Å². The Labute approximate surface area is 196 Å². The molecule has 2 aliphatic rings. The van der Waals surface area contributed by atoms with Gasteiger partial charge in [0, 0.05) is 12.1 Å². The molecule has 1 aliphatic heterocycles. The Morgan fingerprint density at radius 3 is 2.53 bits per heavy atom. The van der Waals surface area contributed by atoms with Crippen molar-refractivity contribution in [2.75, 3.05) is 0 Å². The third-order valence-corrected chi connectivity index (χ3v) is 8.39. The van der Waals surface area contributed by atoms with Crippen molar-refractivity contribution >= 4 is 33.4 Å². The fourth-order valence-electron chi connectivity index (χ4n) is 5.68. The summed E-state index contributed by atoms with van der Waals surface area (Å²) in [5.41, 5.74) is 0.960. The van der Waals surface area contributed by atoms with Gasteiger partial charge in [0.15, 0.2) is 0 Å². The summed E-state index contributed by atoms with van der Waals surface area (Å²) in [4.78, 5) is 29.8. The lowest BCUT2D eigenvalue weighted by atomic mass is 9.86. The maximum absolute atomic E-state index is 13.9. The molecule has 4 rings (SSSR count). The van der Waals surface area contributed by atoms with Gasteiger partial charge in [-0.2, -0.15) is 0 Å². The monoisotopic (exact) mass is 457 g/mol. The van der Waals surface area contributed by atoms with Crippen molar-refractivity contribution in [2.45, 2.75) is 116 Å². The highest BCUT2D eigenvalue weighted by molar-refractivity contribution is 7.17. The van der Waals surface area contributed by atoms with Crippen molar-refractivity contribution in [3.05, 3.63) is 23.2 Å². The summed E-state index contributed by atoms with van der Waals surface area (Å²) in [6.45, 7) is 6.94. The van der Waals surface area contributed by atoms with Crippen LogP contribution in [0.5, 0.6) is 0 Å². The first-order valence-corrected chi connectivity index (χ1v) is 13.6. The Morgan fingerprint density at radius 1 is 1.19 bits per heavy atom. The van der Waals surface area contributed by atoms with Gasteiger partial charge < -0.3 is 14.8 Å². The molecule has 1 unspecified atom stereocenters. The van der Waals surface area contributed by atoms with Gasteiger partial charge in [-0.3, -0.25) is 9.59 Å². The summed E-state index contributed by atoms with van der Waals surface area (Å²) < 4.78 is 3.23. The number of nitrogens with zero attached hydrogens (tertiary/aromatic N) is 2. The summed E-state index contributed by atoms with van der Waals surface area (Å²) in [6, 6.07) is 4.45. The Kier molecular flexibility index (Phi) is 7.28. The van der Waals surface area contributed by atoms with E-state index in [1.807, 2.05) is 17.9 Å². The lowest BCUT2D eigenvalue weighted by molar-refractivity contribution is -0.135. The maximum atomic E-state index is 13.9. The molecule has 5 nitrogen and oxygen atoms in total. The average Bonchev–Trinajstić information content (AvgIpc) is 3.39. The fraction of sp³-hybridized carbons (Fsp3) is 0.692. The van der Waals surface area contributed by atoms with Gasteiger partial charge in [-0.05, 0) is 50.1 Å². The molecule has 2 aromatic heterocycles. The molecule has 0 bridgehead atoms. The van der Waals surface area contributed by atoms with E-state index in [0.717, 1.165) is 80.1 Å². The van der Waals surface area contributed by atoms with Crippen molar-refractivity contribution in [1.82, 2.24) is 14.8 Å². The highest BCUT2D eigenvalue weighted by Crippen LogP contribution is 2.38. The van der Waals surface area contributed by atoms with Crippen LogP contribution in [0.25, 0.3) is 10.2 Å². The standard InChI is InChI=1S/C26H39N3O2S/c1-4-6-11-19(12-7-5-2)27-25(31)26(3)18-28-21-15-16-32-23(21)17-22(28)24(30)29(26)20-13-9-8-10-14-20/h15-17,19-20H,4-14,18H2,1-3H3,(H,27,31). The Hall–Kier alpha value is -1.82. The summed E-state index contributed by atoms with van der Waals surface area (Å²) in [6.07, 6.45) is 12.0. The molecule has 176 valence electrons. The first-order valence-electron chi connectivity index (χ1n) is 12.7. The SMILES string of the molecule is CCCCC(CCCC)NC(=O)C1(C)Cn2c(cc3sccc32)C(=O)N1C1CCCCC1. The quantitative estimate of drug-likeness (QED) is 0.493. The number of amides is 2. The molecule has 0 radical (unpaired) electrons. The van der Waals surface area contributed by atoms with Crippen molar-refractivity contribution < 1.29 is 9.59 Å². The van der Waals surface area contributed by atoms with Gasteiger partial charge in [0.2, 0.25) is 5.91 Å². The number of carbonyl (C=O) groups is 2. The van der Waals surface area contributed by atoms with Crippen LogP contribution in [-0.4, -0.2) is 38.9 Å². The van der Waals surface area contributed by atoms with Gasteiger partial charge in [0.25, 0.3) is 5.91 Å². The van der Waals surface area contributed by atoms with Crippen LogP contribution in [0.2, 0.25) is 0 Å². The van der Waals surface area contributed by atoms with Crippen LogP contribution in [0.15, 0.2) is 17.5 Å². The molecule has 1 aliphatic carbocycles. The number of thiophene rings is 1. The first kappa shape index (κ1) is 23.3. The fourth-order valence-corrected chi connectivity index (χ4v) is 6.50. The van der Waals surface area contributed by atoms with E-state index in [9.17, 15) is 9.59 Å². The molecule has 2 aromatic rings. The molecule has 32 heavy (non-hydrogen) atoms. The number of carbonyl (C=O) groups excluding carboxylic acids is 2. The normalized spacial score (nSPS) is 22.0. The number of nitrogens with one attached hydrogen (secondary N) is 1. The molecule has 0 spiro atoms. The molecular formula is C26H39N3O2S. The zero-order valence-corrected chi connectivity index (χ0v) is 20.8. The van der Waals surface area contributed by atoms with Crippen LogP contribution < -0.4 is 5.32 Å². The summed E-state index contributed by atoms with van der Waals surface area (Å²) in [7, 11) is 0. The highest BCUT2D eigenvalue weighted by atomic mass is 32.1. The zero-order valence-electron chi connectivity index (χ0n) is 20.0. The molecule has 1 saturated carbocycles. The van der Waals surface area contributed by atoms with Gasteiger partial charge in [-0.25, -0.2) is 0 Å². The first-order chi connectivity index (χ1) is 15.5. The third-order valence-electron chi connectivity index (χ3n) is 7.53. The molecule has 2 amide bonds. The second-order valence-electron chi connectivity index (χ2n) is 9.98. The van der Waals surface area contributed by atoms with Crippen LogP contribution in [-0.2, 0) is 11.3 Å². The zero-order chi connectivity index (χ0) is 22.7. The van der Waals surface area contributed by atoms with Crippen molar-refractivity contribution in [2.24, 2.45) is 0 Å². The van der Waals surface area contributed by atoms with Gasteiger partial charge in [0.05, 0.1) is 16.8 Å². The predicted molar refractivity (Wildman–Crippen MR) is 132 cm³/mol. The van der Waals surface area contributed by atoms with Crippen LogP contribution in [0.3, 0.4) is 0 Å². The minimum atomic E-state index is -0.864. The van der Waals surface area contributed by atoms with E-state index in [0.29, 0.717) is 6.54 Å². The van der Waals surface area contributed by atoms with E-state index in [2.05, 4.69) is 35.2 Å². The minimum absolute atomic E-state index is 0.0244. The molecule has 1 N–H and O–H groups in total. The molecular weight excluding hydrogens is 418 g/mol. The van der Waals surface area contributed by atoms with Crippen LogP contribution in [0.1, 0.15) is 102 Å². The molecule has 1 fully saturated rings. The summed E-state index contributed by atoms with van der Waals surface area (Å²) in [5, 5.41) is 5.48. The largest absolute Gasteiger partial charge is 0.351 e. The second kappa shape index (κ2) is 9.98. The van der Waals surface area contributed by atoms with E-state index in [1.54, 1.807) is 11.3 Å². The Balaban J connectivity index is 1.67. The van der Waals surface area contributed by atoms with E-state index in [4.69, 9.17) is 0 Å². The number of aromatic nitrogens is 1. The number of unbranched alkanes of at least 4 members (excludes halogenated alkanes) is 2. The Morgan fingerprint density at radius 2 is 1.88 bits per heavy atom. The van der Waals surface area contributed by atoms with Crippen LogP contribution in [0, 0.1) is 0 Å². The summed E-state index contributed by atoms with van der Waals surface area (Å²) in [5.74, 6) is 0.0548. The van der Waals surface area contributed by atoms with Gasteiger partial charge in [-0.1, -0.05) is 58.8 Å². The average molecular weight is 458 g/mol. The maximum Gasteiger partial charge on any atom is 0.271 e. The van der Waals surface area contributed by atoms with E-state index in [-0.39, 0.29) is 23.9 Å². The molecule has 0 saturated heterocycles. The number of hydrogen-bond donors (Lipinski definition) is 1. The predicted octanol–water partition coefficient (Wildman–Crippen LogP) is 6.12. The molecule has 6 heteroatoms. The number of hydrogen-bond acceptors (Lipinski definition) is 3. The smallest absolute Gasteiger partial charge is 0.271 e. The van der Waals surface area contributed by atoms with E-state index >= 15 is 0 Å². The van der Waals surface area contributed by atoms with Crippen molar-refractivity contribution in [1.29, 1.82) is 0 Å². The van der Waals surface area contributed by atoms with E-state index < -0.39 is 5.54 Å². The third kappa shape index (κ3) is 4.35.